The smallest absolute Gasteiger partial charge is 0.255 e. The second kappa shape index (κ2) is 10.4. The van der Waals surface area contributed by atoms with Crippen LogP contribution in [0, 0.1) is 0 Å². The lowest BCUT2D eigenvalue weighted by Crippen LogP contribution is -2.32. The minimum atomic E-state index is -0.206. The van der Waals surface area contributed by atoms with Crippen LogP contribution >= 0.6 is 11.3 Å². The average molecular weight is 450 g/mol. The first-order chi connectivity index (χ1) is 15.6. The van der Waals surface area contributed by atoms with Gasteiger partial charge in [0.25, 0.3) is 5.91 Å². The van der Waals surface area contributed by atoms with E-state index in [9.17, 15) is 9.59 Å². The lowest BCUT2D eigenvalue weighted by atomic mass is 10.2. The van der Waals surface area contributed by atoms with Crippen LogP contribution in [0.3, 0.4) is 0 Å². The Morgan fingerprint density at radius 2 is 1.75 bits per heavy atom. The third-order valence-corrected chi connectivity index (χ3v) is 6.41. The van der Waals surface area contributed by atoms with E-state index in [1.54, 1.807) is 47.7 Å². The summed E-state index contributed by atoms with van der Waals surface area (Å²) in [5, 5.41) is 7.90. The van der Waals surface area contributed by atoms with Crippen LogP contribution in [-0.4, -0.2) is 36.4 Å². The number of carbonyl (C=O) groups excluding carboxylic acids is 2. The quantitative estimate of drug-likeness (QED) is 0.497. The molecule has 1 aliphatic rings. The van der Waals surface area contributed by atoms with Crippen LogP contribution < -0.4 is 15.4 Å². The van der Waals surface area contributed by atoms with E-state index in [0.29, 0.717) is 36.1 Å². The van der Waals surface area contributed by atoms with Crippen LogP contribution in [0.1, 0.15) is 41.0 Å². The molecule has 0 radical (unpaired) electrons. The summed E-state index contributed by atoms with van der Waals surface area (Å²) in [4.78, 5) is 28.6. The molecule has 0 saturated carbocycles. The molecule has 2 heterocycles. The minimum absolute atomic E-state index is 0.0416. The fourth-order valence-electron chi connectivity index (χ4n) is 3.91. The number of nitrogens with zero attached hydrogens (tertiary/aromatic N) is 1. The predicted octanol–water partition coefficient (Wildman–Crippen LogP) is 5.17. The van der Waals surface area contributed by atoms with Crippen molar-refractivity contribution in [2.24, 2.45) is 0 Å². The molecule has 2 aromatic carbocycles. The van der Waals surface area contributed by atoms with Gasteiger partial charge in [0, 0.05) is 27.9 Å². The van der Waals surface area contributed by atoms with Crippen LogP contribution in [-0.2, 0) is 4.79 Å². The van der Waals surface area contributed by atoms with E-state index >= 15 is 0 Å². The number of hydrogen-bond donors (Lipinski definition) is 2. The Labute approximate surface area is 192 Å². The van der Waals surface area contributed by atoms with Crippen molar-refractivity contribution in [3.63, 3.8) is 0 Å². The molecule has 1 atom stereocenters. The zero-order chi connectivity index (χ0) is 22.3. The van der Waals surface area contributed by atoms with E-state index in [-0.39, 0.29) is 11.8 Å². The van der Waals surface area contributed by atoms with Crippen molar-refractivity contribution in [3.05, 3.63) is 76.5 Å². The number of rotatable bonds is 8. The summed E-state index contributed by atoms with van der Waals surface area (Å²) in [6.45, 7) is 3.82. The first kappa shape index (κ1) is 22.0. The summed E-state index contributed by atoms with van der Waals surface area (Å²) < 4.78 is 5.41. The molecule has 1 aliphatic heterocycles. The van der Waals surface area contributed by atoms with E-state index in [0.717, 1.165) is 25.1 Å². The first-order valence-corrected chi connectivity index (χ1v) is 11.7. The number of anilines is 2. The van der Waals surface area contributed by atoms with Gasteiger partial charge in [0.2, 0.25) is 5.91 Å². The number of amides is 2. The molecule has 32 heavy (non-hydrogen) atoms. The zero-order valence-corrected chi connectivity index (χ0v) is 18.9. The maximum absolute atomic E-state index is 12.6. The van der Waals surface area contributed by atoms with Gasteiger partial charge >= 0.3 is 0 Å². The molecule has 0 bridgehead atoms. The maximum Gasteiger partial charge on any atom is 0.255 e. The normalized spacial score (nSPS) is 16.0. The number of thiophene rings is 1. The van der Waals surface area contributed by atoms with E-state index < -0.39 is 0 Å². The molecule has 0 aliphatic carbocycles. The fourth-order valence-corrected chi connectivity index (χ4v) is 4.81. The number of carbonyl (C=O) groups is 2. The average Bonchev–Trinajstić information content (AvgIpc) is 3.47. The summed E-state index contributed by atoms with van der Waals surface area (Å²) >= 11 is 1.75. The zero-order valence-electron chi connectivity index (χ0n) is 18.0. The van der Waals surface area contributed by atoms with Crippen molar-refractivity contribution >= 4 is 34.5 Å². The number of hydrogen-bond acceptors (Lipinski definition) is 5. The van der Waals surface area contributed by atoms with Crippen molar-refractivity contribution in [1.82, 2.24) is 4.90 Å². The van der Waals surface area contributed by atoms with Gasteiger partial charge in [-0.3, -0.25) is 14.5 Å². The molecule has 0 unspecified atom stereocenters. The Bertz CT molecular complexity index is 1030. The minimum Gasteiger partial charge on any atom is -0.494 e. The molecular weight excluding hydrogens is 422 g/mol. The summed E-state index contributed by atoms with van der Waals surface area (Å²) in [7, 11) is 0. The molecule has 6 nitrogen and oxygen atoms in total. The molecule has 1 fully saturated rings. The van der Waals surface area contributed by atoms with Crippen LogP contribution in [0.15, 0.2) is 66.0 Å². The Hall–Kier alpha value is -3.16. The van der Waals surface area contributed by atoms with E-state index in [4.69, 9.17) is 4.74 Å². The Kier molecular flexibility index (Phi) is 7.19. The molecule has 4 rings (SSSR count). The standard InChI is InChI=1S/C25H27N3O3S/c1-2-31-21-13-11-20(12-14-21)27-25(30)18-7-9-19(10-8-18)26-24(29)17-28-15-3-5-22(28)23-6-4-16-32-23/h4,6-14,16,22H,2-3,5,15,17H2,1H3,(H,26,29)(H,27,30)/t22-/m0/s1. The molecule has 1 saturated heterocycles. The van der Waals surface area contributed by atoms with Crippen molar-refractivity contribution in [2.75, 3.05) is 30.3 Å². The topological polar surface area (TPSA) is 70.7 Å². The highest BCUT2D eigenvalue weighted by atomic mass is 32.1. The molecule has 2 amide bonds. The van der Waals surface area contributed by atoms with E-state index in [2.05, 4.69) is 33.0 Å². The maximum atomic E-state index is 12.6. The Morgan fingerprint density at radius 1 is 1.03 bits per heavy atom. The molecule has 3 aromatic rings. The van der Waals surface area contributed by atoms with Gasteiger partial charge in [-0.1, -0.05) is 6.07 Å². The SMILES string of the molecule is CCOc1ccc(NC(=O)c2ccc(NC(=O)CN3CCC[C@H]3c3cccs3)cc2)cc1. The molecule has 1 aromatic heterocycles. The molecule has 166 valence electrons. The number of benzene rings is 2. The molecule has 7 heteroatoms. The van der Waals surface area contributed by atoms with Crippen LogP contribution in [0.2, 0.25) is 0 Å². The Balaban J connectivity index is 1.30. The van der Waals surface area contributed by atoms with Crippen molar-refractivity contribution in [2.45, 2.75) is 25.8 Å². The molecular formula is C25H27N3O3S. The summed E-state index contributed by atoms with van der Waals surface area (Å²) in [5.74, 6) is 0.518. The van der Waals surface area contributed by atoms with Crippen molar-refractivity contribution in [3.8, 4) is 5.75 Å². The lowest BCUT2D eigenvalue weighted by molar-refractivity contribution is -0.117. The van der Waals surface area contributed by atoms with Crippen molar-refractivity contribution in [1.29, 1.82) is 0 Å². The largest absolute Gasteiger partial charge is 0.494 e. The van der Waals surface area contributed by atoms with Gasteiger partial charge in [-0.25, -0.2) is 0 Å². The second-order valence-corrected chi connectivity index (χ2v) is 8.66. The third-order valence-electron chi connectivity index (χ3n) is 5.44. The third kappa shape index (κ3) is 5.55. The monoisotopic (exact) mass is 449 g/mol. The number of likely N-dealkylation sites (tertiary alicyclic amines) is 1. The fraction of sp³-hybridized carbons (Fsp3) is 0.280. The van der Waals surface area contributed by atoms with Gasteiger partial charge in [-0.05, 0) is 86.3 Å². The summed E-state index contributed by atoms with van der Waals surface area (Å²) in [5.41, 5.74) is 1.90. The lowest BCUT2D eigenvalue weighted by Gasteiger charge is -2.22. The first-order valence-electron chi connectivity index (χ1n) is 10.8. The van der Waals surface area contributed by atoms with Gasteiger partial charge < -0.3 is 15.4 Å². The van der Waals surface area contributed by atoms with E-state index in [1.807, 2.05) is 19.1 Å². The number of nitrogens with one attached hydrogen (secondary N) is 2. The van der Waals surface area contributed by atoms with Crippen LogP contribution in [0.4, 0.5) is 11.4 Å². The van der Waals surface area contributed by atoms with Gasteiger partial charge in [0.1, 0.15) is 5.75 Å². The predicted molar refractivity (Wildman–Crippen MR) is 129 cm³/mol. The molecule has 2 N–H and O–H groups in total. The number of ether oxygens (including phenoxy) is 1. The van der Waals surface area contributed by atoms with E-state index in [1.165, 1.54) is 4.88 Å². The highest BCUT2D eigenvalue weighted by Crippen LogP contribution is 2.34. The Morgan fingerprint density at radius 3 is 2.44 bits per heavy atom. The summed E-state index contributed by atoms with van der Waals surface area (Å²) in [6, 6.07) is 18.7. The van der Waals surface area contributed by atoms with Crippen LogP contribution in [0.5, 0.6) is 5.75 Å². The van der Waals surface area contributed by atoms with Gasteiger partial charge in [-0.15, -0.1) is 11.3 Å². The second-order valence-electron chi connectivity index (χ2n) is 7.68. The highest BCUT2D eigenvalue weighted by Gasteiger charge is 2.28. The van der Waals surface area contributed by atoms with Crippen molar-refractivity contribution < 1.29 is 14.3 Å². The van der Waals surface area contributed by atoms with Gasteiger partial charge in [-0.2, -0.15) is 0 Å². The molecule has 0 spiro atoms. The van der Waals surface area contributed by atoms with Crippen LogP contribution in [0.25, 0.3) is 0 Å². The highest BCUT2D eigenvalue weighted by molar-refractivity contribution is 7.10. The van der Waals surface area contributed by atoms with Gasteiger partial charge in [0.15, 0.2) is 0 Å². The summed E-state index contributed by atoms with van der Waals surface area (Å²) in [6.07, 6.45) is 2.19. The van der Waals surface area contributed by atoms with Gasteiger partial charge in [0.05, 0.1) is 13.2 Å².